The summed E-state index contributed by atoms with van der Waals surface area (Å²) in [5, 5.41) is 8.32. The second kappa shape index (κ2) is 9.55. The van der Waals surface area contributed by atoms with Gasteiger partial charge in [-0.25, -0.2) is 35.1 Å². The Morgan fingerprint density at radius 1 is 0.966 bits per heavy atom. The Morgan fingerprint density at radius 2 is 1.48 bits per heavy atom. The van der Waals surface area contributed by atoms with Crippen LogP contribution in [0.5, 0.6) is 0 Å². The number of hydrogen-bond donors (Lipinski definition) is 2. The first-order valence-electron chi connectivity index (χ1n) is 7.95. The van der Waals surface area contributed by atoms with Crippen molar-refractivity contribution in [3.05, 3.63) is 65.0 Å². The van der Waals surface area contributed by atoms with Crippen LogP contribution in [0.15, 0.2) is 35.2 Å². The zero-order valence-corrected chi connectivity index (χ0v) is 16.1. The summed E-state index contributed by atoms with van der Waals surface area (Å²) in [6, 6.07) is 8.61. The fraction of sp³-hybridized carbons (Fsp3) is 0.235. The molecule has 1 unspecified atom stereocenters. The molecule has 5 nitrogen and oxygen atoms in total. The monoisotopic (exact) mass is 455 g/mol. The van der Waals surface area contributed by atoms with Gasteiger partial charge in [0, 0.05) is 12.3 Å². The van der Waals surface area contributed by atoms with E-state index in [-0.39, 0.29) is 12.2 Å². The van der Waals surface area contributed by atoms with Gasteiger partial charge in [-0.05, 0) is 12.0 Å². The highest BCUT2D eigenvalue weighted by molar-refractivity contribution is 8.00. The van der Waals surface area contributed by atoms with Gasteiger partial charge in [0.2, 0.25) is 15.8 Å². The van der Waals surface area contributed by atoms with Crippen molar-refractivity contribution in [3.8, 4) is 0 Å². The summed E-state index contributed by atoms with van der Waals surface area (Å²) in [5.41, 5.74) is 0.731. The van der Waals surface area contributed by atoms with Crippen LogP contribution in [0.25, 0.3) is 0 Å². The summed E-state index contributed by atoms with van der Waals surface area (Å²) in [7, 11) is -5.07. The Morgan fingerprint density at radius 3 is 2.00 bits per heavy atom. The molecular formula is C17H14F5NO4S2. The summed E-state index contributed by atoms with van der Waals surface area (Å²) in [6.45, 7) is -0.495. The maximum absolute atomic E-state index is 13.7. The highest BCUT2D eigenvalue weighted by Gasteiger charge is 2.33. The number of sulfonamides is 1. The van der Waals surface area contributed by atoms with E-state index in [1.807, 2.05) is 0 Å². The van der Waals surface area contributed by atoms with Crippen molar-refractivity contribution in [1.29, 1.82) is 0 Å². The molecule has 0 spiro atoms. The van der Waals surface area contributed by atoms with Crippen molar-refractivity contribution in [3.63, 3.8) is 0 Å². The van der Waals surface area contributed by atoms with Crippen LogP contribution in [0.2, 0.25) is 0 Å². The molecular weight excluding hydrogens is 441 g/mol. The predicted octanol–water partition coefficient (Wildman–Crippen LogP) is 3.09. The van der Waals surface area contributed by atoms with Crippen LogP contribution in [0, 0.1) is 29.1 Å². The summed E-state index contributed by atoms with van der Waals surface area (Å²) in [5.74, 6) is -13.5. The number of aliphatic carboxylic acids is 1. The van der Waals surface area contributed by atoms with Crippen molar-refractivity contribution < 1.29 is 40.3 Å². The lowest BCUT2D eigenvalue weighted by atomic mass is 10.1. The van der Waals surface area contributed by atoms with Gasteiger partial charge in [0.1, 0.15) is 5.25 Å². The molecule has 0 bridgehead atoms. The second-order valence-electron chi connectivity index (χ2n) is 5.68. The van der Waals surface area contributed by atoms with Crippen LogP contribution in [0.3, 0.4) is 0 Å². The maximum atomic E-state index is 13.7. The van der Waals surface area contributed by atoms with Gasteiger partial charge >= 0.3 is 5.97 Å². The van der Waals surface area contributed by atoms with E-state index in [0.717, 1.165) is 17.3 Å². The molecule has 0 amide bonds. The molecule has 2 N–H and O–H groups in total. The van der Waals surface area contributed by atoms with Gasteiger partial charge in [-0.1, -0.05) is 30.3 Å². The van der Waals surface area contributed by atoms with Crippen LogP contribution >= 0.6 is 11.8 Å². The Labute approximate surface area is 167 Å². The molecule has 0 saturated carbocycles. The van der Waals surface area contributed by atoms with Crippen LogP contribution in [-0.4, -0.2) is 37.0 Å². The lowest BCUT2D eigenvalue weighted by molar-refractivity contribution is -0.136. The largest absolute Gasteiger partial charge is 0.480 e. The van der Waals surface area contributed by atoms with E-state index in [4.69, 9.17) is 0 Å². The lowest BCUT2D eigenvalue weighted by Gasteiger charge is -2.13. The molecule has 0 aliphatic carbocycles. The van der Waals surface area contributed by atoms with Gasteiger partial charge < -0.3 is 5.11 Å². The molecule has 0 radical (unpaired) electrons. The first kappa shape index (κ1) is 23.1. The highest BCUT2D eigenvalue weighted by atomic mass is 32.2. The minimum atomic E-state index is -5.07. The minimum Gasteiger partial charge on any atom is -0.480 e. The molecule has 0 aliphatic rings. The fourth-order valence-electron chi connectivity index (χ4n) is 2.32. The number of nitrogens with one attached hydrogen (secondary N) is 1. The van der Waals surface area contributed by atoms with E-state index in [0.29, 0.717) is 0 Å². The fourth-order valence-corrected chi connectivity index (χ4v) is 4.57. The summed E-state index contributed by atoms with van der Waals surface area (Å²) in [4.78, 5) is 9.35. The number of halogens is 5. The average Bonchev–Trinajstić information content (AvgIpc) is 2.67. The number of carboxylic acid groups (broad SMARTS) is 1. The third-order valence-corrected chi connectivity index (χ3v) is 6.38. The average molecular weight is 455 g/mol. The molecule has 2 aromatic rings. The van der Waals surface area contributed by atoms with E-state index >= 15 is 0 Å². The number of benzene rings is 2. The molecule has 2 rings (SSSR count). The van der Waals surface area contributed by atoms with Crippen LogP contribution in [0.4, 0.5) is 22.0 Å². The van der Waals surface area contributed by atoms with Crippen LogP contribution in [-0.2, 0) is 21.2 Å². The van der Waals surface area contributed by atoms with E-state index in [9.17, 15) is 40.3 Å². The summed E-state index contributed by atoms with van der Waals surface area (Å²) < 4.78 is 92.4. The number of hydrogen-bond acceptors (Lipinski definition) is 4. The van der Waals surface area contributed by atoms with Crippen molar-refractivity contribution in [2.24, 2.45) is 0 Å². The number of rotatable bonds is 9. The molecule has 0 heterocycles. The first-order valence-corrected chi connectivity index (χ1v) is 10.5. The Kier molecular flexibility index (Phi) is 7.60. The molecule has 12 heteroatoms. The van der Waals surface area contributed by atoms with E-state index in [1.165, 1.54) is 0 Å². The predicted molar refractivity (Wildman–Crippen MR) is 95.4 cm³/mol. The zero-order valence-electron chi connectivity index (χ0n) is 14.5. The zero-order chi connectivity index (χ0) is 21.8. The van der Waals surface area contributed by atoms with Gasteiger partial charge in [0.25, 0.3) is 0 Å². The second-order valence-corrected chi connectivity index (χ2v) is 8.70. The third-order valence-electron chi connectivity index (χ3n) is 3.69. The third kappa shape index (κ3) is 5.46. The van der Waals surface area contributed by atoms with E-state index in [2.05, 4.69) is 0 Å². The standard InChI is InChI=1S/C17H14F5NO4S2/c18-11-12(19)14(21)16(15(22)13(11)20)29(26,27)23-6-7-28-10(17(24)25)8-9-4-2-1-3-5-9/h1-5,10,23H,6-8H2,(H,24,25). The SMILES string of the molecule is O=C(O)C(Cc1ccccc1)SCCNS(=O)(=O)c1c(F)c(F)c(F)c(F)c1F. The molecule has 158 valence electrons. The van der Waals surface area contributed by atoms with Crippen LogP contribution in [0.1, 0.15) is 5.56 Å². The van der Waals surface area contributed by atoms with Gasteiger partial charge in [-0.3, -0.25) is 4.79 Å². The summed E-state index contributed by atoms with van der Waals surface area (Å²) in [6.07, 6.45) is 0.144. The molecule has 1 atom stereocenters. The van der Waals surface area contributed by atoms with E-state index < -0.39 is 61.8 Å². The van der Waals surface area contributed by atoms with Crippen LogP contribution < -0.4 is 4.72 Å². The molecule has 0 aliphatic heterocycles. The van der Waals surface area contributed by atoms with Crippen molar-refractivity contribution in [2.45, 2.75) is 16.6 Å². The lowest BCUT2D eigenvalue weighted by Crippen LogP contribution is -2.30. The summed E-state index contributed by atoms with van der Waals surface area (Å²) >= 11 is 0.855. The Balaban J connectivity index is 2.05. The van der Waals surface area contributed by atoms with Gasteiger partial charge in [0.15, 0.2) is 28.2 Å². The molecule has 29 heavy (non-hydrogen) atoms. The van der Waals surface area contributed by atoms with Gasteiger partial charge in [-0.2, -0.15) is 0 Å². The van der Waals surface area contributed by atoms with Crippen molar-refractivity contribution in [1.82, 2.24) is 4.72 Å². The number of thioether (sulfide) groups is 1. The maximum Gasteiger partial charge on any atom is 0.316 e. The Hall–Kier alpha value is -2.18. The topological polar surface area (TPSA) is 83.5 Å². The number of carbonyl (C=O) groups is 1. The Bertz CT molecular complexity index is 974. The first-order chi connectivity index (χ1) is 13.6. The van der Waals surface area contributed by atoms with Gasteiger partial charge in [-0.15, -0.1) is 11.8 Å². The molecule has 0 saturated heterocycles. The highest BCUT2D eigenvalue weighted by Crippen LogP contribution is 2.26. The number of carboxylic acids is 1. The van der Waals surface area contributed by atoms with Crippen molar-refractivity contribution >= 4 is 27.8 Å². The normalized spacial score (nSPS) is 12.7. The molecule has 0 aromatic heterocycles. The molecule has 2 aromatic carbocycles. The molecule has 0 fully saturated rings. The van der Waals surface area contributed by atoms with Gasteiger partial charge in [0.05, 0.1) is 0 Å². The quantitative estimate of drug-likeness (QED) is 0.263. The van der Waals surface area contributed by atoms with E-state index in [1.54, 1.807) is 35.1 Å². The van der Waals surface area contributed by atoms with Crippen molar-refractivity contribution in [2.75, 3.05) is 12.3 Å². The smallest absolute Gasteiger partial charge is 0.316 e. The minimum absolute atomic E-state index is 0.127.